The Labute approximate surface area is 366 Å². The molecule has 13 nitrogen and oxygen atoms in total. The molecule has 3 amide bonds. The molecule has 2 saturated heterocycles. The van der Waals surface area contributed by atoms with Crippen LogP contribution in [-0.2, 0) is 48.0 Å². The van der Waals surface area contributed by atoms with E-state index >= 15 is 0 Å². The maximum absolute atomic E-state index is 14.6. The van der Waals surface area contributed by atoms with Crippen LogP contribution in [-0.4, -0.2) is 114 Å². The van der Waals surface area contributed by atoms with Crippen LogP contribution in [0.25, 0.3) is 33.3 Å². The molecule has 3 aliphatic rings. The molecule has 13 heteroatoms. The van der Waals surface area contributed by atoms with Crippen molar-refractivity contribution < 1.29 is 28.7 Å². The van der Waals surface area contributed by atoms with E-state index in [1.165, 1.54) is 5.01 Å². The number of ether oxygens (including phenoxy) is 2. The fourth-order valence-corrected chi connectivity index (χ4v) is 9.73. The van der Waals surface area contributed by atoms with Crippen LogP contribution in [0.3, 0.4) is 0 Å². The second-order valence-corrected chi connectivity index (χ2v) is 18.7. The van der Waals surface area contributed by atoms with E-state index in [1.807, 2.05) is 46.0 Å². The van der Waals surface area contributed by atoms with E-state index in [0.717, 1.165) is 69.6 Å². The minimum absolute atomic E-state index is 0.0684. The molecule has 2 N–H and O–H groups in total. The summed E-state index contributed by atoms with van der Waals surface area (Å²) < 4.78 is 14.3. The zero-order valence-corrected chi connectivity index (χ0v) is 38.0. The van der Waals surface area contributed by atoms with Crippen LogP contribution >= 0.6 is 0 Å². The molecule has 2 fully saturated rings. The number of fused-ring (bicyclic) bond motifs is 6. The summed E-state index contributed by atoms with van der Waals surface area (Å²) in [5.41, 5.74) is 10.7. The highest BCUT2D eigenvalue weighted by Crippen LogP contribution is 2.42. The average molecular weight is 848 g/mol. The molecule has 0 radical (unpaired) electrons. The number of aryl methyl sites for hydroxylation is 1. The van der Waals surface area contributed by atoms with Crippen LogP contribution in [0.1, 0.15) is 83.7 Å². The molecule has 0 spiro atoms. The molecule has 2 aromatic heterocycles. The number of carbonyl (C=O) groups is 4. The molecule has 3 aliphatic heterocycles. The lowest BCUT2D eigenvalue weighted by molar-refractivity contribution is -0.155. The lowest BCUT2D eigenvalue weighted by atomic mass is 9.84. The highest BCUT2D eigenvalue weighted by molar-refractivity contribution is 5.96. The number of amides is 3. The van der Waals surface area contributed by atoms with E-state index in [2.05, 4.69) is 77.4 Å². The molecule has 2 aromatic carbocycles. The normalized spacial score (nSPS) is 22.0. The zero-order valence-electron chi connectivity index (χ0n) is 38.0. The summed E-state index contributed by atoms with van der Waals surface area (Å²) in [4.78, 5) is 65.1. The van der Waals surface area contributed by atoms with Crippen LogP contribution in [0.5, 0.6) is 0 Å². The summed E-state index contributed by atoms with van der Waals surface area (Å²) in [5.74, 6) is -1.64. The number of likely N-dealkylation sites (tertiary alicyclic amines) is 1. The van der Waals surface area contributed by atoms with Gasteiger partial charge in [-0.2, -0.15) is 0 Å². The summed E-state index contributed by atoms with van der Waals surface area (Å²) >= 11 is 0. The number of hydrogen-bond acceptors (Lipinski definition) is 9. The number of cyclic esters (lactones) is 1. The van der Waals surface area contributed by atoms with Gasteiger partial charge in [-0.15, -0.1) is 0 Å². The number of likely N-dealkylation sites (N-methyl/N-ethyl adjacent to an activating group) is 1. The third kappa shape index (κ3) is 9.30. The highest BCUT2D eigenvalue weighted by atomic mass is 16.5. The zero-order chi connectivity index (χ0) is 44.5. The van der Waals surface area contributed by atoms with Gasteiger partial charge >= 0.3 is 5.97 Å². The highest BCUT2D eigenvalue weighted by Gasteiger charge is 2.39. The number of carbonyl (C=O) groups excluding carboxylic acids is 4. The minimum Gasteiger partial charge on any atom is -0.464 e. The van der Waals surface area contributed by atoms with E-state index in [0.29, 0.717) is 32.4 Å². The summed E-state index contributed by atoms with van der Waals surface area (Å²) in [6.07, 6.45) is 4.18. The number of nitrogens with one attached hydrogen (secondary N) is 2. The molecule has 6 bridgehead atoms. The Balaban J connectivity index is 1.32. The lowest BCUT2D eigenvalue weighted by Crippen LogP contribution is -2.62. The first-order chi connectivity index (χ1) is 29.6. The Hall–Kier alpha value is -5.11. The molecule has 7 rings (SSSR count). The molecule has 5 heterocycles. The largest absolute Gasteiger partial charge is 0.464 e. The molecular formula is C49H65N7O6. The van der Waals surface area contributed by atoms with Gasteiger partial charge in [-0.25, -0.2) is 5.43 Å². The standard InChI is InChI=1S/C49H65N7O6/c1-10-55-41-19-18-34-26-37(41)38(44(55)36-16-12-21-50-42(36)31(4)61-9)27-49(5,6)29-62-48(60)39-17-13-22-56(52-39)47(59)40(25-32-14-11-15-33(34)24-32)51-45(57)43(30(2)3)54(8)46(58)35-20-23-53(7)28-35/h11-12,14-16,18-19,21,24,26,30-31,35,39-40,43,52H,10,13,17,20,22-23,25,27-29H2,1-9H3,(H,51,57)/t31-,35-,39-,40-,43-/m0/s1. The molecule has 332 valence electrons. The third-order valence-electron chi connectivity index (χ3n) is 13.0. The van der Waals surface area contributed by atoms with Crippen molar-refractivity contribution in [3.8, 4) is 22.4 Å². The van der Waals surface area contributed by atoms with E-state index in [-0.39, 0.29) is 48.7 Å². The number of hydrazine groups is 1. The summed E-state index contributed by atoms with van der Waals surface area (Å²) in [6, 6.07) is 16.2. The molecule has 62 heavy (non-hydrogen) atoms. The second kappa shape index (κ2) is 18.7. The smallest absolute Gasteiger partial charge is 0.324 e. The lowest BCUT2D eigenvalue weighted by Gasteiger charge is -2.37. The molecule has 5 atom stereocenters. The van der Waals surface area contributed by atoms with Crippen molar-refractivity contribution in [3.05, 3.63) is 77.6 Å². The van der Waals surface area contributed by atoms with Gasteiger partial charge in [-0.1, -0.05) is 58.0 Å². The molecular weight excluding hydrogens is 783 g/mol. The minimum atomic E-state index is -0.987. The van der Waals surface area contributed by atoms with Crippen molar-refractivity contribution in [1.29, 1.82) is 0 Å². The molecule has 0 unspecified atom stereocenters. The Kier molecular flexibility index (Phi) is 13.6. The number of hydrogen-bond donors (Lipinski definition) is 2. The van der Waals surface area contributed by atoms with Gasteiger partial charge in [0, 0.05) is 68.3 Å². The van der Waals surface area contributed by atoms with E-state index in [9.17, 15) is 19.2 Å². The first-order valence-corrected chi connectivity index (χ1v) is 22.3. The van der Waals surface area contributed by atoms with Crippen molar-refractivity contribution in [2.24, 2.45) is 17.3 Å². The predicted octanol–water partition coefficient (Wildman–Crippen LogP) is 6.18. The average Bonchev–Trinajstić information content (AvgIpc) is 3.83. The second-order valence-electron chi connectivity index (χ2n) is 18.7. The van der Waals surface area contributed by atoms with Gasteiger partial charge in [-0.3, -0.25) is 29.2 Å². The Bertz CT molecular complexity index is 2300. The van der Waals surface area contributed by atoms with Gasteiger partial charge in [0.05, 0.1) is 30.0 Å². The van der Waals surface area contributed by atoms with Crippen molar-refractivity contribution in [3.63, 3.8) is 0 Å². The van der Waals surface area contributed by atoms with E-state index in [4.69, 9.17) is 14.5 Å². The number of rotatable bonds is 9. The van der Waals surface area contributed by atoms with Crippen molar-refractivity contribution >= 4 is 34.6 Å². The maximum atomic E-state index is 14.6. The van der Waals surface area contributed by atoms with Crippen molar-refractivity contribution in [2.75, 3.05) is 47.4 Å². The van der Waals surface area contributed by atoms with Gasteiger partial charge in [0.2, 0.25) is 11.8 Å². The fourth-order valence-electron chi connectivity index (χ4n) is 9.73. The van der Waals surface area contributed by atoms with E-state index < -0.39 is 29.5 Å². The Morgan fingerprint density at radius 2 is 1.82 bits per heavy atom. The third-order valence-corrected chi connectivity index (χ3v) is 13.0. The first-order valence-electron chi connectivity index (χ1n) is 22.3. The van der Waals surface area contributed by atoms with Gasteiger partial charge in [0.1, 0.15) is 18.1 Å². The Morgan fingerprint density at radius 1 is 1.05 bits per heavy atom. The number of aromatic nitrogens is 2. The maximum Gasteiger partial charge on any atom is 0.324 e. The first kappa shape index (κ1) is 44.9. The molecule has 4 aromatic rings. The summed E-state index contributed by atoms with van der Waals surface area (Å²) in [7, 11) is 5.39. The van der Waals surface area contributed by atoms with Crippen LogP contribution < -0.4 is 10.7 Å². The predicted molar refractivity (Wildman–Crippen MR) is 241 cm³/mol. The molecule has 0 saturated carbocycles. The molecule has 0 aliphatic carbocycles. The Morgan fingerprint density at radius 3 is 2.53 bits per heavy atom. The monoisotopic (exact) mass is 847 g/mol. The number of methoxy groups -OCH3 is 1. The fraction of sp³-hybridized carbons (Fsp3) is 0.531. The van der Waals surface area contributed by atoms with Crippen LogP contribution in [0.4, 0.5) is 0 Å². The number of esters is 1. The van der Waals surface area contributed by atoms with Crippen molar-refractivity contribution in [1.82, 2.24) is 35.1 Å². The van der Waals surface area contributed by atoms with Crippen LogP contribution in [0.2, 0.25) is 0 Å². The van der Waals surface area contributed by atoms with Gasteiger partial charge in [-0.05, 0) is 106 Å². The van der Waals surface area contributed by atoms with Gasteiger partial charge in [0.15, 0.2) is 0 Å². The quantitative estimate of drug-likeness (QED) is 0.189. The van der Waals surface area contributed by atoms with E-state index in [1.54, 1.807) is 25.3 Å². The van der Waals surface area contributed by atoms with Crippen LogP contribution in [0, 0.1) is 17.3 Å². The topological polar surface area (TPSA) is 138 Å². The summed E-state index contributed by atoms with van der Waals surface area (Å²) in [5, 5.41) is 5.67. The van der Waals surface area contributed by atoms with Gasteiger partial charge < -0.3 is 29.2 Å². The summed E-state index contributed by atoms with van der Waals surface area (Å²) in [6.45, 7) is 14.9. The van der Waals surface area contributed by atoms with Crippen LogP contribution in [0.15, 0.2) is 60.8 Å². The number of benzene rings is 2. The number of nitrogens with zero attached hydrogens (tertiary/aromatic N) is 5. The SMILES string of the molecule is CCn1c(-c2cccnc2[C@H](C)OC)c2c3cc(ccc31)-c1cccc(c1)C[C@H](NC(=O)[C@H](C(C)C)N(C)C(=O)[C@H]1CCN(C)C1)C(=O)N1CCC[C@H](N1)C(=O)OCC(C)(C)C2. The number of pyridine rings is 1. The van der Waals surface area contributed by atoms with Gasteiger partial charge in [0.25, 0.3) is 5.91 Å². The van der Waals surface area contributed by atoms with Crippen molar-refractivity contribution in [2.45, 2.75) is 104 Å².